The number of rotatable bonds is 5. The predicted molar refractivity (Wildman–Crippen MR) is 70.2 cm³/mol. The third-order valence-electron chi connectivity index (χ3n) is 3.53. The van der Waals surface area contributed by atoms with Crippen LogP contribution < -0.4 is 5.32 Å². The molecule has 0 aliphatic carbocycles. The standard InChI is InChI=1S/C13H24N4O/c1-10(2)17(8-12-5-4-6-14-7-12)9-13-15-11(3)16-18-13/h10,12,14H,4-9H2,1-3H3. The summed E-state index contributed by atoms with van der Waals surface area (Å²) in [7, 11) is 0. The van der Waals surface area contributed by atoms with Crippen LogP contribution in [0.5, 0.6) is 0 Å². The molecular weight excluding hydrogens is 228 g/mol. The molecule has 1 aromatic heterocycles. The Morgan fingerprint density at radius 3 is 2.89 bits per heavy atom. The van der Waals surface area contributed by atoms with E-state index in [1.54, 1.807) is 0 Å². The molecule has 2 heterocycles. The molecule has 18 heavy (non-hydrogen) atoms. The van der Waals surface area contributed by atoms with Gasteiger partial charge in [-0.05, 0) is 52.6 Å². The van der Waals surface area contributed by atoms with E-state index in [4.69, 9.17) is 4.52 Å². The zero-order valence-electron chi connectivity index (χ0n) is 11.6. The highest BCUT2D eigenvalue weighted by Gasteiger charge is 2.20. The van der Waals surface area contributed by atoms with Crippen molar-refractivity contribution in [2.24, 2.45) is 5.92 Å². The molecule has 0 radical (unpaired) electrons. The predicted octanol–water partition coefficient (Wildman–Crippen LogP) is 1.59. The summed E-state index contributed by atoms with van der Waals surface area (Å²) in [5, 5.41) is 7.32. The second-order valence-electron chi connectivity index (χ2n) is 5.47. The van der Waals surface area contributed by atoms with E-state index < -0.39 is 0 Å². The molecule has 1 saturated heterocycles. The van der Waals surface area contributed by atoms with Gasteiger partial charge >= 0.3 is 0 Å². The number of hydrogen-bond acceptors (Lipinski definition) is 5. The fourth-order valence-electron chi connectivity index (χ4n) is 2.45. The molecule has 0 aromatic carbocycles. The van der Waals surface area contributed by atoms with Crippen LogP contribution in [0.25, 0.3) is 0 Å². The molecular formula is C13H24N4O. The van der Waals surface area contributed by atoms with Gasteiger partial charge in [-0.1, -0.05) is 5.16 Å². The summed E-state index contributed by atoms with van der Waals surface area (Å²) < 4.78 is 5.22. The van der Waals surface area contributed by atoms with Crippen molar-refractivity contribution in [1.82, 2.24) is 20.4 Å². The molecule has 1 aromatic rings. The number of nitrogens with one attached hydrogen (secondary N) is 1. The third kappa shape index (κ3) is 3.78. The van der Waals surface area contributed by atoms with Crippen LogP contribution in [-0.4, -0.2) is 40.7 Å². The first-order chi connectivity index (χ1) is 8.65. The monoisotopic (exact) mass is 252 g/mol. The van der Waals surface area contributed by atoms with Crippen LogP contribution in [0.4, 0.5) is 0 Å². The smallest absolute Gasteiger partial charge is 0.240 e. The molecule has 5 heteroatoms. The number of nitrogens with zero attached hydrogens (tertiary/aromatic N) is 3. The molecule has 102 valence electrons. The normalized spacial score (nSPS) is 20.8. The van der Waals surface area contributed by atoms with E-state index >= 15 is 0 Å². The van der Waals surface area contributed by atoms with Crippen molar-refractivity contribution in [3.8, 4) is 0 Å². The molecule has 1 aliphatic rings. The topological polar surface area (TPSA) is 54.2 Å². The largest absolute Gasteiger partial charge is 0.338 e. The van der Waals surface area contributed by atoms with Crippen LogP contribution in [0.1, 0.15) is 38.4 Å². The van der Waals surface area contributed by atoms with E-state index in [2.05, 4.69) is 34.2 Å². The molecule has 0 bridgehead atoms. The molecule has 1 N–H and O–H groups in total. The van der Waals surface area contributed by atoms with E-state index in [1.807, 2.05) is 6.92 Å². The summed E-state index contributed by atoms with van der Waals surface area (Å²) in [4.78, 5) is 6.71. The zero-order chi connectivity index (χ0) is 13.0. The fourth-order valence-corrected chi connectivity index (χ4v) is 2.45. The molecule has 1 unspecified atom stereocenters. The van der Waals surface area contributed by atoms with Crippen molar-refractivity contribution in [1.29, 1.82) is 0 Å². The maximum atomic E-state index is 5.22. The highest BCUT2D eigenvalue weighted by Crippen LogP contribution is 2.15. The summed E-state index contributed by atoms with van der Waals surface area (Å²) in [6.45, 7) is 10.5. The van der Waals surface area contributed by atoms with Crippen molar-refractivity contribution in [3.63, 3.8) is 0 Å². The lowest BCUT2D eigenvalue weighted by molar-refractivity contribution is 0.146. The number of piperidine rings is 1. The Hall–Kier alpha value is -0.940. The Labute approximate surface area is 109 Å². The van der Waals surface area contributed by atoms with Crippen molar-refractivity contribution < 1.29 is 4.52 Å². The average Bonchev–Trinajstić information content (AvgIpc) is 2.75. The minimum Gasteiger partial charge on any atom is -0.338 e. The van der Waals surface area contributed by atoms with Gasteiger partial charge in [0.05, 0.1) is 6.54 Å². The first kappa shape index (κ1) is 13.5. The van der Waals surface area contributed by atoms with Gasteiger partial charge in [-0.3, -0.25) is 4.90 Å². The molecule has 0 saturated carbocycles. The Kier molecular flexibility index (Phi) is 4.72. The molecule has 5 nitrogen and oxygen atoms in total. The van der Waals surface area contributed by atoms with Crippen molar-refractivity contribution in [2.45, 2.75) is 46.2 Å². The maximum Gasteiger partial charge on any atom is 0.240 e. The van der Waals surface area contributed by atoms with Crippen LogP contribution in [0, 0.1) is 12.8 Å². The van der Waals surface area contributed by atoms with Gasteiger partial charge in [-0.15, -0.1) is 0 Å². The molecule has 2 rings (SSSR count). The first-order valence-corrected chi connectivity index (χ1v) is 6.89. The van der Waals surface area contributed by atoms with E-state index in [-0.39, 0.29) is 0 Å². The van der Waals surface area contributed by atoms with Gasteiger partial charge in [0.25, 0.3) is 0 Å². The van der Waals surface area contributed by atoms with Gasteiger partial charge in [0, 0.05) is 12.6 Å². The summed E-state index contributed by atoms with van der Waals surface area (Å²) >= 11 is 0. The fraction of sp³-hybridized carbons (Fsp3) is 0.846. The van der Waals surface area contributed by atoms with E-state index in [1.165, 1.54) is 19.4 Å². The Bertz CT molecular complexity index is 358. The Morgan fingerprint density at radius 1 is 1.50 bits per heavy atom. The molecule has 0 spiro atoms. The quantitative estimate of drug-likeness (QED) is 0.862. The van der Waals surface area contributed by atoms with Gasteiger partial charge in [-0.25, -0.2) is 0 Å². The van der Waals surface area contributed by atoms with Gasteiger partial charge < -0.3 is 9.84 Å². The Balaban J connectivity index is 1.90. The molecule has 0 amide bonds. The molecule has 1 atom stereocenters. The second-order valence-corrected chi connectivity index (χ2v) is 5.47. The zero-order valence-corrected chi connectivity index (χ0v) is 11.6. The minimum atomic E-state index is 0.499. The van der Waals surface area contributed by atoms with Crippen LogP contribution in [-0.2, 0) is 6.54 Å². The van der Waals surface area contributed by atoms with Crippen LogP contribution >= 0.6 is 0 Å². The molecule has 1 fully saturated rings. The second kappa shape index (κ2) is 6.29. The lowest BCUT2D eigenvalue weighted by Gasteiger charge is -2.31. The summed E-state index contributed by atoms with van der Waals surface area (Å²) in [5.41, 5.74) is 0. The summed E-state index contributed by atoms with van der Waals surface area (Å²) in [6, 6.07) is 0.499. The Morgan fingerprint density at radius 2 is 2.33 bits per heavy atom. The highest BCUT2D eigenvalue weighted by molar-refractivity contribution is 4.84. The van der Waals surface area contributed by atoms with E-state index in [0.717, 1.165) is 31.4 Å². The van der Waals surface area contributed by atoms with Gasteiger partial charge in [0.15, 0.2) is 5.82 Å². The van der Waals surface area contributed by atoms with Crippen LogP contribution in [0.2, 0.25) is 0 Å². The summed E-state index contributed by atoms with van der Waals surface area (Å²) in [6.07, 6.45) is 2.61. The van der Waals surface area contributed by atoms with E-state index in [9.17, 15) is 0 Å². The van der Waals surface area contributed by atoms with Gasteiger partial charge in [0.2, 0.25) is 5.89 Å². The third-order valence-corrected chi connectivity index (χ3v) is 3.53. The highest BCUT2D eigenvalue weighted by atomic mass is 16.5. The average molecular weight is 252 g/mol. The van der Waals surface area contributed by atoms with Crippen molar-refractivity contribution in [3.05, 3.63) is 11.7 Å². The first-order valence-electron chi connectivity index (χ1n) is 6.89. The molecule has 1 aliphatic heterocycles. The van der Waals surface area contributed by atoms with Crippen molar-refractivity contribution >= 4 is 0 Å². The number of aromatic nitrogens is 2. The lowest BCUT2D eigenvalue weighted by atomic mass is 9.98. The maximum absolute atomic E-state index is 5.22. The number of hydrogen-bond donors (Lipinski definition) is 1. The summed E-state index contributed by atoms with van der Waals surface area (Å²) in [5.74, 6) is 2.18. The SMILES string of the molecule is Cc1noc(CN(CC2CCCNC2)C(C)C)n1. The van der Waals surface area contributed by atoms with Crippen LogP contribution in [0.15, 0.2) is 4.52 Å². The van der Waals surface area contributed by atoms with Gasteiger partial charge in [-0.2, -0.15) is 4.98 Å². The van der Waals surface area contributed by atoms with Crippen molar-refractivity contribution in [2.75, 3.05) is 19.6 Å². The van der Waals surface area contributed by atoms with Crippen LogP contribution in [0.3, 0.4) is 0 Å². The number of aryl methyl sites for hydroxylation is 1. The minimum absolute atomic E-state index is 0.499. The lowest BCUT2D eigenvalue weighted by Crippen LogP contribution is -2.40. The van der Waals surface area contributed by atoms with E-state index in [0.29, 0.717) is 11.9 Å². The van der Waals surface area contributed by atoms with Gasteiger partial charge in [0.1, 0.15) is 0 Å².